The van der Waals surface area contributed by atoms with Crippen LogP contribution in [0.25, 0.3) is 0 Å². The molecule has 0 aliphatic rings. The van der Waals surface area contributed by atoms with Crippen molar-refractivity contribution < 1.29 is 0 Å². The van der Waals surface area contributed by atoms with Crippen LogP contribution in [0.15, 0.2) is 30.9 Å². The predicted octanol–water partition coefficient (Wildman–Crippen LogP) is 0.843. The average Bonchev–Trinajstić information content (AvgIpc) is 2.73. The summed E-state index contributed by atoms with van der Waals surface area (Å²) in [7, 11) is 1.93. The van der Waals surface area contributed by atoms with Crippen molar-refractivity contribution in [3.05, 3.63) is 42.2 Å². The Morgan fingerprint density at radius 1 is 1.38 bits per heavy atom. The summed E-state index contributed by atoms with van der Waals surface area (Å²) in [6.45, 7) is 0. The highest BCUT2D eigenvalue weighted by molar-refractivity contribution is 5.05. The second-order valence-electron chi connectivity index (χ2n) is 3.72. The second kappa shape index (κ2) is 4.85. The van der Waals surface area contributed by atoms with Gasteiger partial charge in [-0.25, -0.2) is 0 Å². The van der Waals surface area contributed by atoms with Crippen molar-refractivity contribution in [2.75, 3.05) is 0 Å². The molecule has 2 N–H and O–H groups in total. The van der Waals surface area contributed by atoms with E-state index < -0.39 is 0 Å². The quantitative estimate of drug-likeness (QED) is 0.824. The lowest BCUT2D eigenvalue weighted by Crippen LogP contribution is -2.14. The molecule has 84 valence electrons. The van der Waals surface area contributed by atoms with Crippen LogP contribution in [-0.4, -0.2) is 19.7 Å². The fraction of sp³-hybridized carbons (Fsp3) is 0.364. The number of aromatic nitrogens is 4. The maximum absolute atomic E-state index is 6.03. The molecule has 16 heavy (non-hydrogen) atoms. The first-order chi connectivity index (χ1) is 7.77. The van der Waals surface area contributed by atoms with E-state index in [1.807, 2.05) is 17.8 Å². The molecule has 1 unspecified atom stereocenters. The molecule has 1 atom stereocenters. The number of nitrogens with zero attached hydrogens (tertiary/aromatic N) is 4. The summed E-state index contributed by atoms with van der Waals surface area (Å²) in [5.74, 6) is 0. The first kappa shape index (κ1) is 10.8. The smallest absolute Gasteiger partial charge is 0.0753 e. The number of rotatable bonds is 4. The van der Waals surface area contributed by atoms with Crippen LogP contribution < -0.4 is 5.73 Å². The number of hydrogen-bond acceptors (Lipinski definition) is 4. The Balaban J connectivity index is 1.94. The zero-order valence-corrected chi connectivity index (χ0v) is 9.24. The topological polar surface area (TPSA) is 69.6 Å². The van der Waals surface area contributed by atoms with Crippen LogP contribution in [0, 0.1) is 0 Å². The van der Waals surface area contributed by atoms with Crippen LogP contribution in [0.4, 0.5) is 0 Å². The Labute approximate surface area is 94.3 Å². The minimum atomic E-state index is -0.0661. The SMILES string of the molecule is Cn1nccc1CCC(N)c1cnccn1. The third-order valence-electron chi connectivity index (χ3n) is 2.60. The van der Waals surface area contributed by atoms with Crippen molar-refractivity contribution in [3.63, 3.8) is 0 Å². The lowest BCUT2D eigenvalue weighted by molar-refractivity contribution is 0.600. The van der Waals surface area contributed by atoms with Gasteiger partial charge in [0.05, 0.1) is 5.69 Å². The minimum Gasteiger partial charge on any atom is -0.323 e. The fourth-order valence-corrected chi connectivity index (χ4v) is 1.60. The highest BCUT2D eigenvalue weighted by Gasteiger charge is 2.08. The largest absolute Gasteiger partial charge is 0.323 e. The van der Waals surface area contributed by atoms with E-state index in [1.165, 1.54) is 5.69 Å². The van der Waals surface area contributed by atoms with E-state index in [1.54, 1.807) is 24.8 Å². The van der Waals surface area contributed by atoms with Crippen LogP contribution in [0.1, 0.15) is 23.9 Å². The molecule has 2 aromatic heterocycles. The predicted molar refractivity (Wildman–Crippen MR) is 60.5 cm³/mol. The molecule has 2 heterocycles. The zero-order chi connectivity index (χ0) is 11.4. The molecular formula is C11H15N5. The van der Waals surface area contributed by atoms with Crippen molar-refractivity contribution >= 4 is 0 Å². The molecule has 0 spiro atoms. The van der Waals surface area contributed by atoms with Gasteiger partial charge in [-0.15, -0.1) is 0 Å². The van der Waals surface area contributed by atoms with Gasteiger partial charge in [-0.1, -0.05) is 0 Å². The van der Waals surface area contributed by atoms with E-state index in [4.69, 9.17) is 5.73 Å². The van der Waals surface area contributed by atoms with E-state index in [2.05, 4.69) is 15.1 Å². The van der Waals surface area contributed by atoms with Crippen molar-refractivity contribution in [2.45, 2.75) is 18.9 Å². The van der Waals surface area contributed by atoms with E-state index >= 15 is 0 Å². The Morgan fingerprint density at radius 3 is 2.88 bits per heavy atom. The number of nitrogens with two attached hydrogens (primary N) is 1. The molecular weight excluding hydrogens is 202 g/mol. The van der Waals surface area contributed by atoms with Gasteiger partial charge in [0.2, 0.25) is 0 Å². The Morgan fingerprint density at radius 2 is 2.25 bits per heavy atom. The molecule has 2 aromatic rings. The second-order valence-corrected chi connectivity index (χ2v) is 3.72. The van der Waals surface area contributed by atoms with Crippen molar-refractivity contribution in [1.82, 2.24) is 19.7 Å². The molecule has 5 nitrogen and oxygen atoms in total. The normalized spacial score (nSPS) is 12.6. The molecule has 0 bridgehead atoms. The van der Waals surface area contributed by atoms with Gasteiger partial charge in [0.1, 0.15) is 0 Å². The Kier molecular flexibility index (Phi) is 3.26. The molecule has 0 radical (unpaired) electrons. The monoisotopic (exact) mass is 217 g/mol. The summed E-state index contributed by atoms with van der Waals surface area (Å²) < 4.78 is 1.86. The molecule has 0 saturated carbocycles. The standard InChI is InChI=1S/C11H15N5/c1-16-9(4-5-15-16)2-3-10(12)11-8-13-6-7-14-11/h4-8,10H,2-3,12H2,1H3. The third-order valence-corrected chi connectivity index (χ3v) is 2.60. The van der Waals surface area contributed by atoms with Gasteiger partial charge in [0.25, 0.3) is 0 Å². The van der Waals surface area contributed by atoms with Gasteiger partial charge in [-0.3, -0.25) is 14.6 Å². The minimum absolute atomic E-state index is 0.0661. The molecule has 5 heteroatoms. The van der Waals surface area contributed by atoms with Crippen LogP contribution in [0.2, 0.25) is 0 Å². The zero-order valence-electron chi connectivity index (χ0n) is 9.24. The molecule has 2 rings (SSSR count). The van der Waals surface area contributed by atoms with E-state index in [-0.39, 0.29) is 6.04 Å². The summed E-state index contributed by atoms with van der Waals surface area (Å²) in [6.07, 6.45) is 8.57. The fourth-order valence-electron chi connectivity index (χ4n) is 1.60. The maximum atomic E-state index is 6.03. The highest BCUT2D eigenvalue weighted by atomic mass is 15.2. The third kappa shape index (κ3) is 2.43. The van der Waals surface area contributed by atoms with Gasteiger partial charge < -0.3 is 5.73 Å². The van der Waals surface area contributed by atoms with E-state index in [0.717, 1.165) is 18.5 Å². The molecule has 0 aliphatic heterocycles. The Bertz CT molecular complexity index is 437. The van der Waals surface area contributed by atoms with Gasteiger partial charge >= 0.3 is 0 Å². The number of aryl methyl sites for hydroxylation is 2. The average molecular weight is 217 g/mol. The lowest BCUT2D eigenvalue weighted by Gasteiger charge is -2.10. The molecule has 0 saturated heterocycles. The Hall–Kier alpha value is -1.75. The van der Waals surface area contributed by atoms with Gasteiger partial charge in [-0.05, 0) is 18.9 Å². The van der Waals surface area contributed by atoms with Crippen LogP contribution in [-0.2, 0) is 13.5 Å². The summed E-state index contributed by atoms with van der Waals surface area (Å²) >= 11 is 0. The maximum Gasteiger partial charge on any atom is 0.0753 e. The molecule has 0 fully saturated rings. The first-order valence-corrected chi connectivity index (χ1v) is 5.26. The lowest BCUT2D eigenvalue weighted by atomic mass is 10.1. The molecule has 0 aromatic carbocycles. The summed E-state index contributed by atoms with van der Waals surface area (Å²) in [6, 6.07) is 1.94. The number of hydrogen-bond donors (Lipinski definition) is 1. The van der Waals surface area contributed by atoms with E-state index in [0.29, 0.717) is 0 Å². The first-order valence-electron chi connectivity index (χ1n) is 5.26. The summed E-state index contributed by atoms with van der Waals surface area (Å²) in [5.41, 5.74) is 8.05. The van der Waals surface area contributed by atoms with Gasteiger partial charge in [-0.2, -0.15) is 5.10 Å². The summed E-state index contributed by atoms with van der Waals surface area (Å²) in [5, 5.41) is 4.12. The van der Waals surface area contributed by atoms with Crippen molar-refractivity contribution in [1.29, 1.82) is 0 Å². The van der Waals surface area contributed by atoms with Crippen LogP contribution in [0.3, 0.4) is 0 Å². The molecule has 0 amide bonds. The van der Waals surface area contributed by atoms with Crippen molar-refractivity contribution in [2.24, 2.45) is 12.8 Å². The van der Waals surface area contributed by atoms with Gasteiger partial charge in [0, 0.05) is 43.6 Å². The van der Waals surface area contributed by atoms with Gasteiger partial charge in [0.15, 0.2) is 0 Å². The van der Waals surface area contributed by atoms with Crippen molar-refractivity contribution in [3.8, 4) is 0 Å². The van der Waals surface area contributed by atoms with Crippen LogP contribution in [0.5, 0.6) is 0 Å². The highest BCUT2D eigenvalue weighted by Crippen LogP contribution is 2.13. The van der Waals surface area contributed by atoms with Crippen LogP contribution >= 0.6 is 0 Å². The summed E-state index contributed by atoms with van der Waals surface area (Å²) in [4.78, 5) is 8.20. The molecule has 0 aliphatic carbocycles. The van der Waals surface area contributed by atoms with E-state index in [9.17, 15) is 0 Å².